The van der Waals surface area contributed by atoms with E-state index < -0.39 is 10.0 Å². The molecule has 0 saturated carbocycles. The first-order valence-corrected chi connectivity index (χ1v) is 11.7. The van der Waals surface area contributed by atoms with Gasteiger partial charge in [0.1, 0.15) is 19.8 Å². The van der Waals surface area contributed by atoms with Crippen molar-refractivity contribution in [2.24, 2.45) is 0 Å². The highest BCUT2D eigenvalue weighted by molar-refractivity contribution is 7.92. The van der Waals surface area contributed by atoms with Gasteiger partial charge in [0.25, 0.3) is 0 Å². The molecule has 2 aromatic carbocycles. The van der Waals surface area contributed by atoms with Gasteiger partial charge in [-0.3, -0.25) is 9.10 Å². The average Bonchev–Trinajstić information content (AvgIpc) is 2.65. The third kappa shape index (κ3) is 4.87. The summed E-state index contributed by atoms with van der Waals surface area (Å²) in [5.41, 5.74) is 4.06. The van der Waals surface area contributed by atoms with Crippen molar-refractivity contribution < 1.29 is 22.7 Å². The molecule has 1 amide bonds. The molecule has 0 aromatic heterocycles. The van der Waals surface area contributed by atoms with Crippen molar-refractivity contribution in [3.8, 4) is 11.5 Å². The number of ether oxygens (including phenoxy) is 2. The van der Waals surface area contributed by atoms with Gasteiger partial charge in [-0.05, 0) is 56.5 Å². The zero-order valence-electron chi connectivity index (χ0n) is 18.0. The Labute approximate surface area is 178 Å². The van der Waals surface area contributed by atoms with Gasteiger partial charge >= 0.3 is 0 Å². The van der Waals surface area contributed by atoms with Gasteiger partial charge in [0.2, 0.25) is 15.9 Å². The van der Waals surface area contributed by atoms with Crippen LogP contribution in [0.5, 0.6) is 11.5 Å². The van der Waals surface area contributed by atoms with Crippen molar-refractivity contribution in [3.63, 3.8) is 0 Å². The van der Waals surface area contributed by atoms with E-state index in [2.05, 4.69) is 5.32 Å². The van der Waals surface area contributed by atoms with E-state index in [0.29, 0.717) is 30.4 Å². The van der Waals surface area contributed by atoms with Gasteiger partial charge < -0.3 is 14.8 Å². The van der Waals surface area contributed by atoms with Crippen LogP contribution in [0.25, 0.3) is 0 Å². The fourth-order valence-electron chi connectivity index (χ4n) is 3.76. The van der Waals surface area contributed by atoms with Gasteiger partial charge in [0.15, 0.2) is 11.5 Å². The van der Waals surface area contributed by atoms with Crippen LogP contribution in [-0.4, -0.2) is 40.3 Å². The Bertz CT molecular complexity index is 1040. The smallest absolute Gasteiger partial charge is 0.241 e. The maximum absolute atomic E-state index is 12.8. The molecule has 2 aromatic rings. The van der Waals surface area contributed by atoms with Crippen LogP contribution in [0.1, 0.15) is 35.2 Å². The summed E-state index contributed by atoms with van der Waals surface area (Å²) in [7, 11) is -3.65. The molecule has 7 nitrogen and oxygen atoms in total. The molecular formula is C22H28N2O5S. The van der Waals surface area contributed by atoms with Crippen LogP contribution in [-0.2, 0) is 14.8 Å². The van der Waals surface area contributed by atoms with Crippen molar-refractivity contribution in [2.75, 3.05) is 30.3 Å². The summed E-state index contributed by atoms with van der Waals surface area (Å²) < 4.78 is 37.3. The third-order valence-electron chi connectivity index (χ3n) is 5.02. The van der Waals surface area contributed by atoms with Crippen LogP contribution in [0.2, 0.25) is 0 Å². The Morgan fingerprint density at radius 2 is 1.67 bits per heavy atom. The Morgan fingerprint density at radius 3 is 2.27 bits per heavy atom. The molecule has 0 unspecified atom stereocenters. The van der Waals surface area contributed by atoms with E-state index in [9.17, 15) is 13.2 Å². The van der Waals surface area contributed by atoms with E-state index in [-0.39, 0.29) is 18.5 Å². The standard InChI is InChI=1S/C22H28N2O5S/c1-14-10-15(2)22(16(3)11-14)24(30(5,26)27)13-21(25)23-17(4)18-6-7-19-20(12-18)29-9-8-28-19/h6-7,10-12,17H,8-9,13H2,1-5H3,(H,23,25)/t17-/m0/s1. The number of amides is 1. The van der Waals surface area contributed by atoms with Gasteiger partial charge in [-0.2, -0.15) is 0 Å². The van der Waals surface area contributed by atoms with Gasteiger partial charge in [-0.1, -0.05) is 23.8 Å². The fraction of sp³-hybridized carbons (Fsp3) is 0.409. The molecule has 1 N–H and O–H groups in total. The first-order valence-electron chi connectivity index (χ1n) is 9.80. The number of sulfonamides is 1. The second-order valence-corrected chi connectivity index (χ2v) is 9.62. The Balaban J connectivity index is 1.79. The summed E-state index contributed by atoms with van der Waals surface area (Å²) in [5.74, 6) is 0.933. The van der Waals surface area contributed by atoms with E-state index in [0.717, 1.165) is 28.5 Å². The predicted molar refractivity (Wildman–Crippen MR) is 117 cm³/mol. The van der Waals surface area contributed by atoms with Crippen molar-refractivity contribution in [2.45, 2.75) is 33.7 Å². The molecule has 0 bridgehead atoms. The number of nitrogens with zero attached hydrogens (tertiary/aromatic N) is 1. The highest BCUT2D eigenvalue weighted by atomic mass is 32.2. The lowest BCUT2D eigenvalue weighted by Crippen LogP contribution is -2.41. The van der Waals surface area contributed by atoms with E-state index in [1.54, 1.807) is 0 Å². The lowest BCUT2D eigenvalue weighted by atomic mass is 10.0. The van der Waals surface area contributed by atoms with E-state index in [1.165, 1.54) is 4.31 Å². The van der Waals surface area contributed by atoms with Crippen molar-refractivity contribution in [1.29, 1.82) is 0 Å². The molecule has 1 aliphatic rings. The number of carbonyl (C=O) groups is 1. The van der Waals surface area contributed by atoms with Crippen LogP contribution in [0, 0.1) is 20.8 Å². The highest BCUT2D eigenvalue weighted by Crippen LogP contribution is 2.33. The summed E-state index contributed by atoms with van der Waals surface area (Å²) in [5, 5.41) is 2.88. The van der Waals surface area contributed by atoms with Gasteiger partial charge in [-0.15, -0.1) is 0 Å². The third-order valence-corrected chi connectivity index (χ3v) is 6.13. The predicted octanol–water partition coefficient (Wildman–Crippen LogP) is 3.03. The number of anilines is 1. The molecule has 0 saturated heterocycles. The van der Waals surface area contributed by atoms with Crippen LogP contribution >= 0.6 is 0 Å². The summed E-state index contributed by atoms with van der Waals surface area (Å²) >= 11 is 0. The average molecular weight is 433 g/mol. The molecule has 1 atom stereocenters. The topological polar surface area (TPSA) is 84.9 Å². The van der Waals surface area contributed by atoms with E-state index in [1.807, 2.05) is 58.0 Å². The quantitative estimate of drug-likeness (QED) is 0.758. The largest absolute Gasteiger partial charge is 0.486 e. The molecule has 30 heavy (non-hydrogen) atoms. The molecule has 3 rings (SSSR count). The Kier molecular flexibility index (Phi) is 6.26. The highest BCUT2D eigenvalue weighted by Gasteiger charge is 2.25. The Morgan fingerprint density at radius 1 is 1.07 bits per heavy atom. The fourth-order valence-corrected chi connectivity index (χ4v) is 4.73. The minimum atomic E-state index is -3.65. The normalized spacial score (nSPS) is 14.2. The number of carbonyl (C=O) groups excluding carboxylic acids is 1. The first-order chi connectivity index (χ1) is 14.1. The van der Waals surface area contributed by atoms with Crippen molar-refractivity contribution in [3.05, 3.63) is 52.6 Å². The van der Waals surface area contributed by atoms with E-state index >= 15 is 0 Å². The maximum atomic E-state index is 12.8. The Hall–Kier alpha value is -2.74. The van der Waals surface area contributed by atoms with Crippen LogP contribution in [0.4, 0.5) is 5.69 Å². The van der Waals surface area contributed by atoms with E-state index in [4.69, 9.17) is 9.47 Å². The molecule has 162 valence electrons. The van der Waals surface area contributed by atoms with Crippen LogP contribution < -0.4 is 19.1 Å². The lowest BCUT2D eigenvalue weighted by Gasteiger charge is -2.27. The molecular weight excluding hydrogens is 404 g/mol. The summed E-state index contributed by atoms with van der Waals surface area (Å²) in [4.78, 5) is 12.8. The first kappa shape index (κ1) is 22.0. The number of benzene rings is 2. The number of fused-ring (bicyclic) bond motifs is 1. The molecule has 8 heteroatoms. The zero-order valence-corrected chi connectivity index (χ0v) is 18.8. The molecule has 1 aliphatic heterocycles. The number of hydrogen-bond donors (Lipinski definition) is 1. The summed E-state index contributed by atoms with van der Waals surface area (Å²) in [6, 6.07) is 9.01. The monoisotopic (exact) mass is 432 g/mol. The van der Waals surface area contributed by atoms with Gasteiger partial charge in [0, 0.05) is 0 Å². The number of aryl methyl sites for hydroxylation is 3. The SMILES string of the molecule is Cc1cc(C)c(N(CC(=O)N[C@@H](C)c2ccc3c(c2)OCCO3)S(C)(=O)=O)c(C)c1. The molecule has 0 fully saturated rings. The van der Waals surface area contributed by atoms with Gasteiger partial charge in [-0.25, -0.2) is 8.42 Å². The number of nitrogens with one attached hydrogen (secondary N) is 1. The van der Waals surface area contributed by atoms with Crippen molar-refractivity contribution >= 4 is 21.6 Å². The van der Waals surface area contributed by atoms with Crippen molar-refractivity contribution in [1.82, 2.24) is 5.32 Å². The second kappa shape index (κ2) is 8.55. The molecule has 0 aliphatic carbocycles. The minimum Gasteiger partial charge on any atom is -0.486 e. The maximum Gasteiger partial charge on any atom is 0.241 e. The molecule has 0 spiro atoms. The second-order valence-electron chi connectivity index (χ2n) is 7.71. The van der Waals surface area contributed by atoms with Crippen LogP contribution in [0.3, 0.4) is 0 Å². The minimum absolute atomic E-state index is 0.293. The number of rotatable bonds is 6. The zero-order chi connectivity index (χ0) is 22.1. The lowest BCUT2D eigenvalue weighted by molar-refractivity contribution is -0.120. The summed E-state index contributed by atoms with van der Waals surface area (Å²) in [6.45, 7) is 8.20. The van der Waals surface area contributed by atoms with Gasteiger partial charge in [0.05, 0.1) is 18.0 Å². The number of hydrogen-bond acceptors (Lipinski definition) is 5. The molecule has 0 radical (unpaired) electrons. The molecule has 1 heterocycles. The summed E-state index contributed by atoms with van der Waals surface area (Å²) in [6.07, 6.45) is 1.11. The van der Waals surface area contributed by atoms with Crippen LogP contribution in [0.15, 0.2) is 30.3 Å².